The average Bonchev–Trinajstić information content (AvgIpc) is 3.16. The lowest BCUT2D eigenvalue weighted by molar-refractivity contribution is -0.345. The van der Waals surface area contributed by atoms with Crippen molar-refractivity contribution in [3.05, 3.63) is 11.6 Å². The largest absolute Gasteiger partial charge is 0.432 e. The predicted molar refractivity (Wildman–Crippen MR) is 200 cm³/mol. The van der Waals surface area contributed by atoms with Gasteiger partial charge in [0.05, 0.1) is 37.4 Å². The maximum Gasteiger partial charge on any atom is 0.315 e. The number of allylic oxidation sites excluding steroid dienone is 2. The highest BCUT2D eigenvalue weighted by atomic mass is 16.7. The number of ether oxygens (including phenoxy) is 4. The highest BCUT2D eigenvalue weighted by Crippen LogP contribution is 2.76. The summed E-state index contributed by atoms with van der Waals surface area (Å²) in [5, 5.41) is 106. The number of carbonyl (C=O) groups is 1. The van der Waals surface area contributed by atoms with Crippen LogP contribution in [0.3, 0.4) is 0 Å². The van der Waals surface area contributed by atoms with E-state index in [0.717, 1.165) is 19.3 Å². The van der Waals surface area contributed by atoms with E-state index in [-0.39, 0.29) is 40.6 Å². The van der Waals surface area contributed by atoms with E-state index in [9.17, 15) is 55.9 Å². The van der Waals surface area contributed by atoms with E-state index in [1.165, 1.54) is 5.57 Å². The third kappa shape index (κ3) is 6.43. The van der Waals surface area contributed by atoms with Crippen LogP contribution in [0.4, 0.5) is 0 Å². The van der Waals surface area contributed by atoms with Crippen LogP contribution < -0.4 is 0 Å². The van der Waals surface area contributed by atoms with Crippen molar-refractivity contribution in [2.45, 2.75) is 173 Å². The van der Waals surface area contributed by atoms with Gasteiger partial charge in [-0.05, 0) is 97.2 Å². The number of esters is 1. The Bertz CT molecular complexity index is 1540. The van der Waals surface area contributed by atoms with Crippen molar-refractivity contribution in [2.75, 3.05) is 19.8 Å². The van der Waals surface area contributed by atoms with Gasteiger partial charge < -0.3 is 70.0 Å². The summed E-state index contributed by atoms with van der Waals surface area (Å²) in [4.78, 5) is 14.6. The SMILES string of the molecule is CC1(C)CC[C@]2(C(=O)O[C@@H]3O[C@H](CO)[C@@H](O)[C@H](O)[C@H]3O)CC[C@]3(C)C(=CCC4[C@@]5(C)C[C@H](O)[C@H](O[C@@H]6O[C@H](CO)[C@@H](O)[C@H](O)[C@H]6O)[C@@](C)(CO)C5CC[C@]43C)[C@@H]2C1. The quantitative estimate of drug-likeness (QED) is 0.0940. The van der Waals surface area contributed by atoms with Crippen LogP contribution in [-0.2, 0) is 23.7 Å². The van der Waals surface area contributed by atoms with Gasteiger partial charge >= 0.3 is 5.97 Å². The van der Waals surface area contributed by atoms with Gasteiger partial charge in [0.15, 0.2) is 6.29 Å². The molecule has 2 saturated heterocycles. The number of rotatable bonds is 7. The van der Waals surface area contributed by atoms with E-state index < -0.39 is 109 Å². The van der Waals surface area contributed by atoms with Crippen molar-refractivity contribution in [2.24, 2.45) is 50.2 Å². The van der Waals surface area contributed by atoms with Crippen LogP contribution in [0, 0.1) is 50.2 Å². The zero-order chi connectivity index (χ0) is 41.8. The smallest absolute Gasteiger partial charge is 0.315 e. The van der Waals surface area contributed by atoms with Gasteiger partial charge in [0, 0.05) is 5.41 Å². The lowest BCUT2D eigenvalue weighted by Crippen LogP contribution is -2.69. The van der Waals surface area contributed by atoms with Gasteiger partial charge in [0.25, 0.3) is 0 Å². The summed E-state index contributed by atoms with van der Waals surface area (Å²) < 4.78 is 23.6. The number of hydrogen-bond acceptors (Lipinski definition) is 15. The van der Waals surface area contributed by atoms with Gasteiger partial charge in [0.1, 0.15) is 48.8 Å². The summed E-state index contributed by atoms with van der Waals surface area (Å²) in [6, 6.07) is 0. The van der Waals surface area contributed by atoms with Gasteiger partial charge in [-0.2, -0.15) is 0 Å². The van der Waals surface area contributed by atoms with Crippen LogP contribution in [-0.4, -0.2) is 150 Å². The van der Waals surface area contributed by atoms with Gasteiger partial charge in [-0.15, -0.1) is 0 Å². The Kier molecular flexibility index (Phi) is 11.5. The summed E-state index contributed by atoms with van der Waals surface area (Å²) in [5.41, 5.74) is -1.89. The van der Waals surface area contributed by atoms with Crippen molar-refractivity contribution >= 4 is 5.97 Å². The first-order valence-corrected chi connectivity index (χ1v) is 21.1. The fourth-order valence-corrected chi connectivity index (χ4v) is 13.7. The molecule has 0 bridgehead atoms. The molecule has 0 spiro atoms. The Morgan fingerprint density at radius 2 is 1.30 bits per heavy atom. The summed E-state index contributed by atoms with van der Waals surface area (Å²) in [6.45, 7) is 11.6. The fourth-order valence-electron chi connectivity index (χ4n) is 13.7. The highest BCUT2D eigenvalue weighted by molar-refractivity contribution is 5.79. The van der Waals surface area contributed by atoms with Crippen molar-refractivity contribution in [3.8, 4) is 0 Å². The third-order valence-electron chi connectivity index (χ3n) is 17.3. The lowest BCUT2D eigenvalue weighted by atomic mass is 9.33. The monoisotopic (exact) mass is 812 g/mol. The van der Waals surface area contributed by atoms with Crippen molar-refractivity contribution < 1.29 is 74.8 Å². The van der Waals surface area contributed by atoms with Crippen LogP contribution in [0.1, 0.15) is 99.3 Å². The minimum atomic E-state index is -1.70. The molecule has 4 saturated carbocycles. The number of aliphatic hydroxyl groups excluding tert-OH is 10. The summed E-state index contributed by atoms with van der Waals surface area (Å²) in [6.07, 6.45) is -9.20. The molecule has 5 aliphatic carbocycles. The van der Waals surface area contributed by atoms with Crippen LogP contribution in [0.2, 0.25) is 0 Å². The third-order valence-corrected chi connectivity index (χ3v) is 17.3. The van der Waals surface area contributed by atoms with Crippen LogP contribution in [0.5, 0.6) is 0 Å². The number of hydrogen-bond donors (Lipinski definition) is 10. The van der Waals surface area contributed by atoms with Crippen molar-refractivity contribution in [1.29, 1.82) is 0 Å². The Balaban J connectivity index is 1.19. The minimum absolute atomic E-state index is 0.0661. The first-order chi connectivity index (χ1) is 26.6. The van der Waals surface area contributed by atoms with E-state index >= 15 is 0 Å². The zero-order valence-corrected chi connectivity index (χ0v) is 34.2. The second-order valence-electron chi connectivity index (χ2n) is 20.7. The molecule has 0 radical (unpaired) electrons. The average molecular weight is 813 g/mol. The van der Waals surface area contributed by atoms with Gasteiger partial charge in [-0.25, -0.2) is 0 Å². The molecule has 2 unspecified atom stereocenters. The van der Waals surface area contributed by atoms with Crippen molar-refractivity contribution in [3.63, 3.8) is 0 Å². The first kappa shape index (κ1) is 43.8. The first-order valence-electron chi connectivity index (χ1n) is 21.1. The molecule has 15 heteroatoms. The highest BCUT2D eigenvalue weighted by Gasteiger charge is 2.71. The maximum absolute atomic E-state index is 14.6. The molecule has 7 aliphatic rings. The predicted octanol–water partition coefficient (Wildman–Crippen LogP) is 0.260. The molecule has 2 heterocycles. The van der Waals surface area contributed by atoms with E-state index in [0.29, 0.717) is 38.5 Å². The Labute approximate surface area is 335 Å². The van der Waals surface area contributed by atoms with Gasteiger partial charge in [-0.1, -0.05) is 53.2 Å². The van der Waals surface area contributed by atoms with Gasteiger partial charge in [0.2, 0.25) is 6.29 Å². The lowest BCUT2D eigenvalue weighted by Gasteiger charge is -2.72. The van der Waals surface area contributed by atoms with E-state index in [1.54, 1.807) is 0 Å². The summed E-state index contributed by atoms with van der Waals surface area (Å²) in [5.74, 6) is -0.763. The molecular weight excluding hydrogens is 744 g/mol. The number of fused-ring (bicyclic) bond motifs is 7. The molecule has 0 aromatic rings. The molecule has 0 aromatic heterocycles. The summed E-state index contributed by atoms with van der Waals surface area (Å²) in [7, 11) is 0. The Morgan fingerprint density at radius 1 is 0.719 bits per heavy atom. The zero-order valence-electron chi connectivity index (χ0n) is 34.2. The molecule has 0 amide bonds. The summed E-state index contributed by atoms with van der Waals surface area (Å²) >= 11 is 0. The Morgan fingerprint density at radius 3 is 1.89 bits per heavy atom. The molecule has 7 rings (SSSR count). The van der Waals surface area contributed by atoms with Crippen LogP contribution >= 0.6 is 0 Å². The van der Waals surface area contributed by atoms with E-state index in [4.69, 9.17) is 18.9 Å². The molecule has 15 nitrogen and oxygen atoms in total. The second-order valence-corrected chi connectivity index (χ2v) is 20.7. The number of aliphatic hydroxyl groups is 10. The molecule has 57 heavy (non-hydrogen) atoms. The van der Waals surface area contributed by atoms with Gasteiger partial charge in [-0.3, -0.25) is 4.79 Å². The molecule has 10 N–H and O–H groups in total. The minimum Gasteiger partial charge on any atom is -0.432 e. The van der Waals surface area contributed by atoms with Crippen LogP contribution in [0.25, 0.3) is 0 Å². The van der Waals surface area contributed by atoms with E-state index in [1.807, 2.05) is 6.92 Å². The molecule has 20 atom stereocenters. The topological polar surface area (TPSA) is 256 Å². The van der Waals surface area contributed by atoms with Crippen LogP contribution in [0.15, 0.2) is 11.6 Å². The number of carbonyl (C=O) groups excluding carboxylic acids is 1. The molecule has 0 aromatic carbocycles. The Hall–Kier alpha value is -1.31. The molecule has 2 aliphatic heterocycles. The second kappa shape index (κ2) is 14.9. The van der Waals surface area contributed by atoms with Crippen molar-refractivity contribution in [1.82, 2.24) is 0 Å². The molecule has 6 fully saturated rings. The molecular formula is C42H68O15. The normalized spacial score (nSPS) is 54.7. The maximum atomic E-state index is 14.6. The standard InChI is InChI=1S/C42H68O15/c1-37(2)11-13-42(36(53)57-35-32(52)30(50)28(48)24(18-44)55-35)14-12-40(5)20(21(42)15-37)7-8-26-38(3)16-22(46)33(39(4,19-45)25(38)9-10-41(26,40)6)56-34-31(51)29(49)27(47)23(17-43)54-34/h7,21-35,43-52H,8-19H2,1-6H3/t21-,22-,23+,24+,25?,26?,27+,28+,29-,30-,31+,32+,33-,34-,35-,38-,39-,40+,41+,42-/m0/s1. The molecule has 326 valence electrons. The van der Waals surface area contributed by atoms with E-state index in [2.05, 4.69) is 40.7 Å². The fraction of sp³-hybridized carbons (Fsp3) is 0.929.